The number of aryl methyl sites for hydroxylation is 1. The van der Waals surface area contributed by atoms with Crippen molar-refractivity contribution in [1.29, 1.82) is 0 Å². The zero-order valence-corrected chi connectivity index (χ0v) is 21.3. The van der Waals surface area contributed by atoms with Crippen LogP contribution in [0.3, 0.4) is 0 Å². The number of benzene rings is 3. The molecule has 0 spiro atoms. The number of esters is 2. The number of carbonyl (C=O) groups is 2. The van der Waals surface area contributed by atoms with Crippen LogP contribution < -0.4 is 28.4 Å². The van der Waals surface area contributed by atoms with Crippen molar-refractivity contribution in [2.75, 3.05) is 28.4 Å². The van der Waals surface area contributed by atoms with E-state index in [0.717, 1.165) is 16.7 Å². The molecule has 3 rings (SSSR count). The number of carbonyl (C=O) groups excluding carboxylic acids is 2. The van der Waals surface area contributed by atoms with Gasteiger partial charge in [-0.1, -0.05) is 12.1 Å². The fraction of sp³-hybridized carbons (Fsp3) is 0.172. The summed E-state index contributed by atoms with van der Waals surface area (Å²) in [7, 11) is 6.17. The predicted octanol–water partition coefficient (Wildman–Crippen LogP) is 5.27. The van der Waals surface area contributed by atoms with E-state index in [1.807, 2.05) is 0 Å². The molecular weight excluding hydrogens is 476 g/mol. The third-order valence-corrected chi connectivity index (χ3v) is 5.10. The van der Waals surface area contributed by atoms with Gasteiger partial charge in [0, 0.05) is 18.2 Å². The Kier molecular flexibility index (Phi) is 9.32. The van der Waals surface area contributed by atoms with E-state index in [4.69, 9.17) is 28.4 Å². The SMILES string of the molecule is COc1ccc(/C=C/C(=O)Oc2cc(C)cc(OC(=O)/C=C/c3ccc(OC)c(OC)c3)c2)cc1OC. The van der Waals surface area contributed by atoms with Crippen molar-refractivity contribution >= 4 is 24.1 Å². The molecule has 0 heterocycles. The van der Waals surface area contributed by atoms with E-state index in [2.05, 4.69) is 0 Å². The monoisotopic (exact) mass is 504 g/mol. The first kappa shape index (κ1) is 26.9. The summed E-state index contributed by atoms with van der Waals surface area (Å²) in [5.41, 5.74) is 2.21. The highest BCUT2D eigenvalue weighted by Gasteiger charge is 2.09. The minimum Gasteiger partial charge on any atom is -0.493 e. The molecule has 0 aromatic heterocycles. The van der Waals surface area contributed by atoms with E-state index in [0.29, 0.717) is 23.0 Å². The molecule has 0 unspecified atom stereocenters. The van der Waals surface area contributed by atoms with Gasteiger partial charge >= 0.3 is 11.9 Å². The fourth-order valence-corrected chi connectivity index (χ4v) is 3.37. The minimum absolute atomic E-state index is 0.244. The maximum Gasteiger partial charge on any atom is 0.336 e. The summed E-state index contributed by atoms with van der Waals surface area (Å²) in [6.45, 7) is 1.80. The van der Waals surface area contributed by atoms with Crippen LogP contribution in [0.1, 0.15) is 16.7 Å². The van der Waals surface area contributed by atoms with Crippen LogP contribution in [-0.4, -0.2) is 40.4 Å². The first-order valence-electron chi connectivity index (χ1n) is 11.2. The Balaban J connectivity index is 1.65. The molecule has 0 radical (unpaired) electrons. The van der Waals surface area contributed by atoms with Gasteiger partial charge in [-0.25, -0.2) is 9.59 Å². The molecule has 192 valence electrons. The molecule has 0 aliphatic carbocycles. The normalized spacial score (nSPS) is 10.8. The first-order chi connectivity index (χ1) is 17.8. The molecule has 0 N–H and O–H groups in total. The van der Waals surface area contributed by atoms with Crippen molar-refractivity contribution in [2.45, 2.75) is 6.92 Å². The van der Waals surface area contributed by atoms with Crippen LogP contribution in [0.15, 0.2) is 66.7 Å². The molecule has 0 atom stereocenters. The molecule has 0 saturated carbocycles. The molecule has 3 aromatic carbocycles. The Morgan fingerprint density at radius 3 is 1.35 bits per heavy atom. The molecule has 0 fully saturated rings. The van der Waals surface area contributed by atoms with Gasteiger partial charge in [0.25, 0.3) is 0 Å². The van der Waals surface area contributed by atoms with Crippen molar-refractivity contribution in [3.8, 4) is 34.5 Å². The lowest BCUT2D eigenvalue weighted by molar-refractivity contribution is -0.129. The molecule has 8 heteroatoms. The van der Waals surface area contributed by atoms with Gasteiger partial charge in [-0.3, -0.25) is 0 Å². The van der Waals surface area contributed by atoms with Crippen molar-refractivity contribution < 1.29 is 38.0 Å². The van der Waals surface area contributed by atoms with Gasteiger partial charge in [0.1, 0.15) is 11.5 Å². The molecule has 0 bridgehead atoms. The van der Waals surface area contributed by atoms with Crippen molar-refractivity contribution in [3.05, 3.63) is 83.4 Å². The van der Waals surface area contributed by atoms with Crippen LogP contribution in [0.5, 0.6) is 34.5 Å². The van der Waals surface area contributed by atoms with E-state index < -0.39 is 11.9 Å². The third-order valence-electron chi connectivity index (χ3n) is 5.10. The van der Waals surface area contributed by atoms with Gasteiger partial charge in [0.15, 0.2) is 23.0 Å². The van der Waals surface area contributed by atoms with E-state index in [9.17, 15) is 9.59 Å². The predicted molar refractivity (Wildman–Crippen MR) is 140 cm³/mol. The maximum atomic E-state index is 12.4. The average molecular weight is 505 g/mol. The molecule has 8 nitrogen and oxygen atoms in total. The second-order valence-electron chi connectivity index (χ2n) is 7.72. The van der Waals surface area contributed by atoms with Gasteiger partial charge in [0.05, 0.1) is 28.4 Å². The highest BCUT2D eigenvalue weighted by molar-refractivity contribution is 5.90. The smallest absolute Gasteiger partial charge is 0.336 e. The lowest BCUT2D eigenvalue weighted by Crippen LogP contribution is -2.06. The summed E-state index contributed by atoms with van der Waals surface area (Å²) in [5, 5.41) is 0. The second-order valence-corrected chi connectivity index (χ2v) is 7.72. The Hall–Kier alpha value is -4.72. The lowest BCUT2D eigenvalue weighted by Gasteiger charge is -2.08. The molecule has 0 saturated heterocycles. The van der Waals surface area contributed by atoms with E-state index in [1.54, 1.807) is 81.8 Å². The van der Waals surface area contributed by atoms with Crippen LogP contribution in [0.25, 0.3) is 12.2 Å². The molecular formula is C29H28O8. The summed E-state index contributed by atoms with van der Waals surface area (Å²) in [5.74, 6) is 1.57. The van der Waals surface area contributed by atoms with Gasteiger partial charge < -0.3 is 28.4 Å². The summed E-state index contributed by atoms with van der Waals surface area (Å²) in [4.78, 5) is 24.7. The lowest BCUT2D eigenvalue weighted by atomic mass is 10.2. The molecule has 37 heavy (non-hydrogen) atoms. The fourth-order valence-electron chi connectivity index (χ4n) is 3.37. The zero-order chi connectivity index (χ0) is 26.8. The maximum absolute atomic E-state index is 12.4. The summed E-state index contributed by atoms with van der Waals surface area (Å²) >= 11 is 0. The van der Waals surface area contributed by atoms with E-state index in [-0.39, 0.29) is 11.5 Å². The van der Waals surface area contributed by atoms with E-state index >= 15 is 0 Å². The number of ether oxygens (including phenoxy) is 6. The first-order valence-corrected chi connectivity index (χ1v) is 11.2. The highest BCUT2D eigenvalue weighted by Crippen LogP contribution is 2.29. The standard InChI is InChI=1S/C29H28O8/c1-19-14-22(36-28(30)12-8-20-6-10-24(32-2)26(16-20)34-4)18-23(15-19)37-29(31)13-9-21-7-11-25(33-3)27(17-21)35-5/h6-18H,1-5H3/b12-8+,13-9+. The summed E-state index contributed by atoms with van der Waals surface area (Å²) < 4.78 is 31.8. The van der Waals surface area contributed by atoms with Crippen LogP contribution in [-0.2, 0) is 9.59 Å². The van der Waals surface area contributed by atoms with Gasteiger partial charge in [0.2, 0.25) is 0 Å². The second kappa shape index (κ2) is 12.8. The molecule has 3 aromatic rings. The number of rotatable bonds is 10. The Morgan fingerprint density at radius 1 is 0.568 bits per heavy atom. The summed E-state index contributed by atoms with van der Waals surface area (Å²) in [6, 6.07) is 15.3. The molecule has 0 amide bonds. The van der Waals surface area contributed by atoms with Crippen LogP contribution in [0.2, 0.25) is 0 Å². The van der Waals surface area contributed by atoms with Crippen LogP contribution in [0.4, 0.5) is 0 Å². The van der Waals surface area contributed by atoms with Gasteiger partial charge in [-0.05, 0) is 72.2 Å². The number of methoxy groups -OCH3 is 4. The van der Waals surface area contributed by atoms with E-state index in [1.165, 1.54) is 32.4 Å². The third kappa shape index (κ3) is 7.63. The van der Waals surface area contributed by atoms with Crippen LogP contribution in [0, 0.1) is 6.92 Å². The highest BCUT2D eigenvalue weighted by atomic mass is 16.5. The quantitative estimate of drug-likeness (QED) is 0.210. The minimum atomic E-state index is -0.592. The average Bonchev–Trinajstić information content (AvgIpc) is 2.89. The topological polar surface area (TPSA) is 89.5 Å². The number of hydrogen-bond donors (Lipinski definition) is 0. The number of hydrogen-bond acceptors (Lipinski definition) is 8. The Labute approximate surface area is 215 Å². The van der Waals surface area contributed by atoms with Gasteiger partial charge in [-0.2, -0.15) is 0 Å². The van der Waals surface area contributed by atoms with Crippen molar-refractivity contribution in [2.24, 2.45) is 0 Å². The summed E-state index contributed by atoms with van der Waals surface area (Å²) in [6.07, 6.45) is 5.78. The van der Waals surface area contributed by atoms with Crippen molar-refractivity contribution in [1.82, 2.24) is 0 Å². The molecule has 0 aliphatic rings. The van der Waals surface area contributed by atoms with Crippen molar-refractivity contribution in [3.63, 3.8) is 0 Å². The zero-order valence-electron chi connectivity index (χ0n) is 21.3. The van der Waals surface area contributed by atoms with Crippen LogP contribution >= 0.6 is 0 Å². The van der Waals surface area contributed by atoms with Gasteiger partial charge in [-0.15, -0.1) is 0 Å². The molecule has 0 aliphatic heterocycles. The Bertz CT molecular complexity index is 1230. The Morgan fingerprint density at radius 2 is 0.973 bits per heavy atom. The largest absolute Gasteiger partial charge is 0.493 e.